The Morgan fingerprint density at radius 3 is 2.70 bits per heavy atom. The van der Waals surface area contributed by atoms with Crippen LogP contribution in [0.5, 0.6) is 0 Å². The molecule has 1 aliphatic rings. The van der Waals surface area contributed by atoms with E-state index in [0.29, 0.717) is 22.8 Å². The Labute approximate surface area is 156 Å². The van der Waals surface area contributed by atoms with Gasteiger partial charge in [-0.1, -0.05) is 12.1 Å². The van der Waals surface area contributed by atoms with Crippen LogP contribution in [0.15, 0.2) is 48.8 Å². The molecule has 1 amide bonds. The van der Waals surface area contributed by atoms with Crippen LogP contribution in [0.25, 0.3) is 10.9 Å². The smallest absolute Gasteiger partial charge is 0.256 e. The van der Waals surface area contributed by atoms with Crippen molar-refractivity contribution in [2.45, 2.75) is 37.8 Å². The van der Waals surface area contributed by atoms with Crippen molar-refractivity contribution in [3.8, 4) is 0 Å². The minimum atomic E-state index is -0.231. The lowest BCUT2D eigenvalue weighted by atomic mass is 9.93. The highest BCUT2D eigenvalue weighted by Gasteiger charge is 2.20. The number of carbonyl (C=O) groups is 1. The van der Waals surface area contributed by atoms with E-state index in [2.05, 4.69) is 25.6 Å². The third-order valence-corrected chi connectivity index (χ3v) is 4.78. The molecule has 3 N–H and O–H groups in total. The Morgan fingerprint density at radius 1 is 1.07 bits per heavy atom. The molecule has 0 aliphatic heterocycles. The number of benzene rings is 1. The second kappa shape index (κ2) is 7.67. The molecule has 0 radical (unpaired) electrons. The Balaban J connectivity index is 1.51. The lowest BCUT2D eigenvalue weighted by Crippen LogP contribution is -2.28. The number of anilines is 2. The highest BCUT2D eigenvalue weighted by atomic mass is 16.3. The quantitative estimate of drug-likeness (QED) is 0.659. The van der Waals surface area contributed by atoms with Crippen LogP contribution in [0.3, 0.4) is 0 Å². The molecule has 138 valence electrons. The number of nitrogens with one attached hydrogen (secondary N) is 2. The van der Waals surface area contributed by atoms with Crippen LogP contribution >= 0.6 is 0 Å². The first-order valence-electron chi connectivity index (χ1n) is 9.11. The Kier molecular flexibility index (Phi) is 4.93. The Hall–Kier alpha value is -3.06. The van der Waals surface area contributed by atoms with Gasteiger partial charge in [0.15, 0.2) is 0 Å². The number of rotatable bonds is 4. The van der Waals surface area contributed by atoms with Gasteiger partial charge < -0.3 is 15.7 Å². The molecule has 1 aliphatic carbocycles. The monoisotopic (exact) mass is 363 g/mol. The van der Waals surface area contributed by atoms with Crippen molar-refractivity contribution in [2.24, 2.45) is 0 Å². The molecule has 7 nitrogen and oxygen atoms in total. The number of fused-ring (bicyclic) bond motifs is 1. The number of pyridine rings is 1. The highest BCUT2D eigenvalue weighted by molar-refractivity contribution is 6.05. The van der Waals surface area contributed by atoms with Crippen molar-refractivity contribution >= 4 is 28.6 Å². The summed E-state index contributed by atoms with van der Waals surface area (Å²) in [6.45, 7) is 0. The zero-order valence-corrected chi connectivity index (χ0v) is 14.8. The molecule has 0 bridgehead atoms. The van der Waals surface area contributed by atoms with E-state index in [-0.39, 0.29) is 18.1 Å². The van der Waals surface area contributed by atoms with Crippen LogP contribution in [0.2, 0.25) is 0 Å². The average molecular weight is 363 g/mol. The standard InChI is InChI=1S/C20H21N5O2/c26-16-8-6-15(7-9-16)23-20-22-12-14-5-4-13(11-17(14)24-20)19(27)25-18-3-1-2-10-21-18/h1-5,10-12,15-16,26H,6-9H2,(H,21,25,27)(H,22,23,24)/t15-,16-. The minimum absolute atomic E-state index is 0.194. The third-order valence-electron chi connectivity index (χ3n) is 4.78. The van der Waals surface area contributed by atoms with Crippen LogP contribution in [0.4, 0.5) is 11.8 Å². The molecule has 2 heterocycles. The normalized spacial score (nSPS) is 19.6. The lowest BCUT2D eigenvalue weighted by molar-refractivity contribution is 0.102. The van der Waals surface area contributed by atoms with Crippen LogP contribution in [-0.4, -0.2) is 38.1 Å². The summed E-state index contributed by atoms with van der Waals surface area (Å²) in [5, 5.41) is 16.6. The van der Waals surface area contributed by atoms with Crippen molar-refractivity contribution in [3.63, 3.8) is 0 Å². The molecule has 0 saturated heterocycles. The second-order valence-corrected chi connectivity index (χ2v) is 6.79. The van der Waals surface area contributed by atoms with E-state index in [9.17, 15) is 9.90 Å². The average Bonchev–Trinajstić information content (AvgIpc) is 2.70. The molecule has 7 heteroatoms. The van der Waals surface area contributed by atoms with Gasteiger partial charge in [-0.3, -0.25) is 4.79 Å². The largest absolute Gasteiger partial charge is 0.393 e. The van der Waals surface area contributed by atoms with E-state index in [1.165, 1.54) is 0 Å². The minimum Gasteiger partial charge on any atom is -0.393 e. The Morgan fingerprint density at radius 2 is 1.93 bits per heavy atom. The summed E-state index contributed by atoms with van der Waals surface area (Å²) in [7, 11) is 0. The molecule has 3 aromatic rings. The fourth-order valence-corrected chi connectivity index (χ4v) is 3.26. The molecule has 0 atom stereocenters. The van der Waals surface area contributed by atoms with Gasteiger partial charge in [-0.25, -0.2) is 15.0 Å². The van der Waals surface area contributed by atoms with Crippen molar-refractivity contribution in [3.05, 3.63) is 54.4 Å². The molecule has 1 fully saturated rings. The number of aliphatic hydroxyl groups is 1. The van der Waals surface area contributed by atoms with E-state index in [1.54, 1.807) is 36.7 Å². The SMILES string of the molecule is O=C(Nc1ccccn1)c1ccc2cnc(N[C@H]3CC[C@H](O)CC3)nc2c1. The topological polar surface area (TPSA) is 100 Å². The number of hydrogen-bond donors (Lipinski definition) is 3. The number of hydrogen-bond acceptors (Lipinski definition) is 6. The van der Waals surface area contributed by atoms with Gasteiger partial charge in [0.1, 0.15) is 5.82 Å². The van der Waals surface area contributed by atoms with Crippen LogP contribution < -0.4 is 10.6 Å². The van der Waals surface area contributed by atoms with E-state index in [1.807, 2.05) is 12.1 Å². The summed E-state index contributed by atoms with van der Waals surface area (Å²) in [5.41, 5.74) is 1.22. The van der Waals surface area contributed by atoms with Crippen molar-refractivity contribution < 1.29 is 9.90 Å². The maximum atomic E-state index is 12.5. The van der Waals surface area contributed by atoms with Crippen molar-refractivity contribution in [2.75, 3.05) is 10.6 Å². The molecule has 1 aromatic carbocycles. The fraction of sp³-hybridized carbons (Fsp3) is 0.300. The summed E-state index contributed by atoms with van der Waals surface area (Å²) in [6, 6.07) is 11.0. The van der Waals surface area contributed by atoms with E-state index >= 15 is 0 Å². The summed E-state index contributed by atoms with van der Waals surface area (Å²) < 4.78 is 0. The molecule has 27 heavy (non-hydrogen) atoms. The zero-order valence-electron chi connectivity index (χ0n) is 14.8. The molecule has 4 rings (SSSR count). The second-order valence-electron chi connectivity index (χ2n) is 6.79. The zero-order chi connectivity index (χ0) is 18.6. The van der Waals surface area contributed by atoms with Gasteiger partial charge in [0.25, 0.3) is 5.91 Å². The number of aromatic nitrogens is 3. The van der Waals surface area contributed by atoms with Crippen LogP contribution in [0.1, 0.15) is 36.0 Å². The predicted molar refractivity (Wildman–Crippen MR) is 104 cm³/mol. The van der Waals surface area contributed by atoms with Crippen molar-refractivity contribution in [1.29, 1.82) is 0 Å². The first kappa shape index (κ1) is 17.4. The summed E-state index contributed by atoms with van der Waals surface area (Å²) in [4.78, 5) is 25.5. The Bertz CT molecular complexity index is 940. The van der Waals surface area contributed by atoms with Gasteiger partial charge in [0.05, 0.1) is 11.6 Å². The number of carbonyl (C=O) groups excluding carboxylic acids is 1. The van der Waals surface area contributed by atoms with Gasteiger partial charge in [-0.2, -0.15) is 0 Å². The number of nitrogens with zero attached hydrogens (tertiary/aromatic N) is 3. The molecule has 1 saturated carbocycles. The van der Waals surface area contributed by atoms with Gasteiger partial charge in [-0.05, 0) is 49.9 Å². The first-order chi connectivity index (χ1) is 13.2. The first-order valence-corrected chi connectivity index (χ1v) is 9.11. The highest BCUT2D eigenvalue weighted by Crippen LogP contribution is 2.22. The number of amides is 1. The predicted octanol–water partition coefficient (Wildman–Crippen LogP) is 2.99. The van der Waals surface area contributed by atoms with Gasteiger partial charge in [0.2, 0.25) is 5.95 Å². The van der Waals surface area contributed by atoms with Crippen LogP contribution in [0, 0.1) is 0 Å². The van der Waals surface area contributed by atoms with Crippen LogP contribution in [-0.2, 0) is 0 Å². The molecular formula is C20H21N5O2. The molecule has 0 spiro atoms. The molecule has 0 unspecified atom stereocenters. The maximum Gasteiger partial charge on any atom is 0.256 e. The summed E-state index contributed by atoms with van der Waals surface area (Å²) in [6.07, 6.45) is 6.57. The third kappa shape index (κ3) is 4.20. The van der Waals surface area contributed by atoms with Crippen molar-refractivity contribution in [1.82, 2.24) is 15.0 Å². The molecular weight excluding hydrogens is 342 g/mol. The van der Waals surface area contributed by atoms with E-state index in [4.69, 9.17) is 0 Å². The van der Waals surface area contributed by atoms with Gasteiger partial charge in [0, 0.05) is 29.4 Å². The van der Waals surface area contributed by atoms with E-state index < -0.39 is 0 Å². The summed E-state index contributed by atoms with van der Waals surface area (Å²) in [5.74, 6) is 0.822. The fourth-order valence-electron chi connectivity index (χ4n) is 3.26. The van der Waals surface area contributed by atoms with Gasteiger partial charge >= 0.3 is 0 Å². The lowest BCUT2D eigenvalue weighted by Gasteiger charge is -2.26. The summed E-state index contributed by atoms with van der Waals surface area (Å²) >= 11 is 0. The van der Waals surface area contributed by atoms with E-state index in [0.717, 1.165) is 31.1 Å². The molecule has 2 aromatic heterocycles. The number of aliphatic hydroxyl groups excluding tert-OH is 1. The maximum absolute atomic E-state index is 12.5. The van der Waals surface area contributed by atoms with Gasteiger partial charge in [-0.15, -0.1) is 0 Å².